The van der Waals surface area contributed by atoms with Crippen LogP contribution in [0.25, 0.3) is 0 Å². The van der Waals surface area contributed by atoms with Gasteiger partial charge < -0.3 is 5.73 Å². The van der Waals surface area contributed by atoms with E-state index in [-0.39, 0.29) is 24.8 Å². The van der Waals surface area contributed by atoms with Gasteiger partial charge in [0, 0.05) is 25.0 Å². The van der Waals surface area contributed by atoms with Gasteiger partial charge in [0.1, 0.15) is 0 Å². The molecule has 122 valence electrons. The van der Waals surface area contributed by atoms with Crippen LogP contribution in [0.3, 0.4) is 0 Å². The van der Waals surface area contributed by atoms with Crippen molar-refractivity contribution >= 4 is 30.5 Å². The van der Waals surface area contributed by atoms with Crippen molar-refractivity contribution in [2.45, 2.75) is 32.4 Å². The highest BCUT2D eigenvalue weighted by Crippen LogP contribution is 2.23. The Bertz CT molecular complexity index is 585. The third-order valence-electron chi connectivity index (χ3n) is 3.94. The lowest BCUT2D eigenvalue weighted by Gasteiger charge is -2.32. The molecular weight excluding hydrogens is 319 g/mol. The van der Waals surface area contributed by atoms with Gasteiger partial charge in [-0.25, -0.2) is 0 Å². The fraction of sp³-hybridized carbons (Fsp3) is 0.438. The highest BCUT2D eigenvalue weighted by Gasteiger charge is 2.21. The van der Waals surface area contributed by atoms with Gasteiger partial charge in [0.25, 0.3) is 0 Å². The van der Waals surface area contributed by atoms with Crippen LogP contribution in [0.1, 0.15) is 30.0 Å². The van der Waals surface area contributed by atoms with Gasteiger partial charge >= 0.3 is 0 Å². The fourth-order valence-electron chi connectivity index (χ4n) is 2.97. The molecule has 4 nitrogen and oxygen atoms in total. The molecule has 1 fully saturated rings. The number of benzene rings is 1. The van der Waals surface area contributed by atoms with Gasteiger partial charge in [-0.1, -0.05) is 12.1 Å². The number of nitrogens with zero attached hydrogens (tertiary/aromatic N) is 3. The van der Waals surface area contributed by atoms with E-state index in [9.17, 15) is 0 Å². The molecule has 1 unspecified atom stereocenters. The minimum Gasteiger partial charge on any atom is -0.399 e. The van der Waals surface area contributed by atoms with Gasteiger partial charge in [-0.15, -0.1) is 24.8 Å². The predicted molar refractivity (Wildman–Crippen MR) is 95.9 cm³/mol. The Morgan fingerprint density at radius 1 is 1.32 bits per heavy atom. The molecule has 0 radical (unpaired) electrons. The zero-order valence-electron chi connectivity index (χ0n) is 12.8. The molecule has 22 heavy (non-hydrogen) atoms. The number of piperidine rings is 1. The first-order valence-corrected chi connectivity index (χ1v) is 7.28. The summed E-state index contributed by atoms with van der Waals surface area (Å²) in [5.74, 6) is 0. The molecular formula is C16H24Cl2N4. The number of aromatic nitrogens is 2. The molecule has 6 heteroatoms. The van der Waals surface area contributed by atoms with Crippen LogP contribution in [0.15, 0.2) is 36.7 Å². The van der Waals surface area contributed by atoms with Crippen molar-refractivity contribution < 1.29 is 0 Å². The van der Waals surface area contributed by atoms with Gasteiger partial charge in [-0.05, 0) is 49.6 Å². The molecule has 1 aliphatic rings. The summed E-state index contributed by atoms with van der Waals surface area (Å²) in [5.41, 5.74) is 9.23. The molecule has 0 amide bonds. The van der Waals surface area contributed by atoms with Crippen LogP contribution >= 0.6 is 24.8 Å². The molecule has 1 aromatic carbocycles. The van der Waals surface area contributed by atoms with Gasteiger partial charge in [0.15, 0.2) is 0 Å². The molecule has 2 heterocycles. The molecule has 0 aliphatic carbocycles. The van der Waals surface area contributed by atoms with Crippen LogP contribution in [0.4, 0.5) is 5.69 Å². The van der Waals surface area contributed by atoms with E-state index in [1.165, 1.54) is 24.0 Å². The lowest BCUT2D eigenvalue weighted by atomic mass is 10.0. The quantitative estimate of drug-likeness (QED) is 0.869. The van der Waals surface area contributed by atoms with Gasteiger partial charge in [0.2, 0.25) is 0 Å². The summed E-state index contributed by atoms with van der Waals surface area (Å²) in [7, 11) is 0. The van der Waals surface area contributed by atoms with Crippen LogP contribution in [-0.4, -0.2) is 27.8 Å². The summed E-state index contributed by atoms with van der Waals surface area (Å²) in [4.78, 5) is 2.50. The largest absolute Gasteiger partial charge is 0.399 e. The Hall–Kier alpha value is -1.23. The average molecular weight is 343 g/mol. The Kier molecular flexibility index (Phi) is 7.20. The smallest absolute Gasteiger partial charge is 0.0646 e. The standard InChI is InChI=1S/C16H22N4.2ClH/c1-13-9-18-20(10-13)16-6-3-7-19(12-16)11-14-4-2-5-15(17)8-14;;/h2,4-5,8-10,16H,3,6-7,11-12,17H2,1H3;2*1H. The molecule has 0 bridgehead atoms. The first kappa shape index (κ1) is 18.8. The highest BCUT2D eigenvalue weighted by atomic mass is 35.5. The summed E-state index contributed by atoms with van der Waals surface area (Å²) in [6.45, 7) is 5.29. The van der Waals surface area contributed by atoms with Crippen LogP contribution in [-0.2, 0) is 6.54 Å². The van der Waals surface area contributed by atoms with E-state index in [0.717, 1.165) is 25.3 Å². The Balaban J connectivity index is 0.00000121. The van der Waals surface area contributed by atoms with Gasteiger partial charge in [0.05, 0.1) is 12.2 Å². The number of likely N-dealkylation sites (tertiary alicyclic amines) is 1. The van der Waals surface area contributed by atoms with Crippen molar-refractivity contribution in [2.75, 3.05) is 18.8 Å². The minimum absolute atomic E-state index is 0. The molecule has 1 atom stereocenters. The normalized spacial score (nSPS) is 18.3. The maximum Gasteiger partial charge on any atom is 0.0646 e. The summed E-state index contributed by atoms with van der Waals surface area (Å²) in [6.07, 6.45) is 6.53. The molecule has 0 spiro atoms. The van der Waals surface area contributed by atoms with Gasteiger partial charge in [-0.3, -0.25) is 9.58 Å². The number of nitrogen functional groups attached to an aromatic ring is 1. The Morgan fingerprint density at radius 3 is 2.82 bits per heavy atom. The zero-order valence-corrected chi connectivity index (χ0v) is 14.4. The molecule has 1 aromatic heterocycles. The van der Waals surface area contributed by atoms with E-state index in [1.54, 1.807) is 0 Å². The van der Waals surface area contributed by atoms with E-state index in [1.807, 2.05) is 18.3 Å². The number of anilines is 1. The maximum atomic E-state index is 5.85. The van der Waals surface area contributed by atoms with Crippen molar-refractivity contribution in [1.29, 1.82) is 0 Å². The third kappa shape index (κ3) is 4.63. The first-order chi connectivity index (χ1) is 9.70. The summed E-state index contributed by atoms with van der Waals surface area (Å²) >= 11 is 0. The first-order valence-electron chi connectivity index (χ1n) is 7.28. The molecule has 2 N–H and O–H groups in total. The molecule has 1 saturated heterocycles. The van der Waals surface area contributed by atoms with Crippen LogP contribution in [0.2, 0.25) is 0 Å². The Morgan fingerprint density at radius 2 is 2.14 bits per heavy atom. The second kappa shape index (κ2) is 8.42. The van der Waals surface area contributed by atoms with E-state index in [2.05, 4.69) is 39.9 Å². The van der Waals surface area contributed by atoms with Crippen molar-refractivity contribution in [1.82, 2.24) is 14.7 Å². The number of hydrogen-bond donors (Lipinski definition) is 1. The lowest BCUT2D eigenvalue weighted by Crippen LogP contribution is -2.36. The summed E-state index contributed by atoms with van der Waals surface area (Å²) in [5, 5.41) is 4.47. The van der Waals surface area contributed by atoms with E-state index < -0.39 is 0 Å². The van der Waals surface area contributed by atoms with Crippen molar-refractivity contribution in [3.63, 3.8) is 0 Å². The number of halogens is 2. The number of hydrogen-bond acceptors (Lipinski definition) is 3. The number of aryl methyl sites for hydroxylation is 1. The second-order valence-corrected chi connectivity index (χ2v) is 5.77. The van der Waals surface area contributed by atoms with E-state index in [0.29, 0.717) is 6.04 Å². The molecule has 1 aliphatic heterocycles. The third-order valence-corrected chi connectivity index (χ3v) is 3.94. The van der Waals surface area contributed by atoms with E-state index >= 15 is 0 Å². The monoisotopic (exact) mass is 342 g/mol. The van der Waals surface area contributed by atoms with Crippen molar-refractivity contribution in [3.8, 4) is 0 Å². The number of rotatable bonds is 3. The van der Waals surface area contributed by atoms with Crippen molar-refractivity contribution in [2.24, 2.45) is 0 Å². The van der Waals surface area contributed by atoms with Crippen molar-refractivity contribution in [3.05, 3.63) is 47.8 Å². The highest BCUT2D eigenvalue weighted by molar-refractivity contribution is 5.85. The zero-order chi connectivity index (χ0) is 13.9. The predicted octanol–water partition coefficient (Wildman–Crippen LogP) is 3.45. The van der Waals surface area contributed by atoms with E-state index in [4.69, 9.17) is 5.73 Å². The van der Waals surface area contributed by atoms with Crippen LogP contribution in [0, 0.1) is 6.92 Å². The minimum atomic E-state index is 0. The fourth-order valence-corrected chi connectivity index (χ4v) is 2.97. The summed E-state index contributed by atoms with van der Waals surface area (Å²) in [6, 6.07) is 8.69. The van der Waals surface area contributed by atoms with Crippen LogP contribution < -0.4 is 5.73 Å². The SMILES string of the molecule is Cc1cnn(C2CCCN(Cc3cccc(N)c3)C2)c1.Cl.Cl. The van der Waals surface area contributed by atoms with Crippen LogP contribution in [0.5, 0.6) is 0 Å². The lowest BCUT2D eigenvalue weighted by molar-refractivity contribution is 0.163. The second-order valence-electron chi connectivity index (χ2n) is 5.77. The average Bonchev–Trinajstić information content (AvgIpc) is 2.86. The molecule has 0 saturated carbocycles. The number of nitrogens with two attached hydrogens (primary N) is 1. The summed E-state index contributed by atoms with van der Waals surface area (Å²) < 4.78 is 2.13. The Labute approximate surface area is 144 Å². The van der Waals surface area contributed by atoms with Gasteiger partial charge in [-0.2, -0.15) is 5.10 Å². The topological polar surface area (TPSA) is 47.1 Å². The maximum absolute atomic E-state index is 5.85. The molecule has 3 rings (SSSR count). The molecule has 2 aromatic rings.